The topological polar surface area (TPSA) is 72.5 Å². The van der Waals surface area contributed by atoms with E-state index >= 15 is 0 Å². The Labute approximate surface area is 130 Å². The van der Waals surface area contributed by atoms with Crippen LogP contribution >= 0.6 is 11.6 Å². The number of sulfone groups is 1. The van der Waals surface area contributed by atoms with Crippen LogP contribution in [-0.2, 0) is 20.4 Å². The van der Waals surface area contributed by atoms with Crippen molar-refractivity contribution in [2.24, 2.45) is 0 Å². The maximum Gasteiger partial charge on any atom is 0.238 e. The Morgan fingerprint density at radius 3 is 2.67 bits per heavy atom. The van der Waals surface area contributed by atoms with Crippen molar-refractivity contribution in [3.63, 3.8) is 0 Å². The van der Waals surface area contributed by atoms with Crippen LogP contribution in [0.4, 0.5) is 0 Å². The average molecular weight is 334 g/mol. The molecule has 21 heavy (non-hydrogen) atoms. The van der Waals surface area contributed by atoms with Crippen molar-refractivity contribution >= 4 is 27.3 Å². The summed E-state index contributed by atoms with van der Waals surface area (Å²) >= 11 is 5.88. The van der Waals surface area contributed by atoms with E-state index in [0.29, 0.717) is 22.9 Å². The minimum Gasteiger partial charge on any atom is -0.496 e. The van der Waals surface area contributed by atoms with Gasteiger partial charge in [0, 0.05) is 17.1 Å². The van der Waals surface area contributed by atoms with Crippen LogP contribution in [0.5, 0.6) is 5.75 Å². The minimum atomic E-state index is -3.64. The van der Waals surface area contributed by atoms with E-state index in [1.165, 1.54) is 20.1 Å². The largest absolute Gasteiger partial charge is 0.496 e. The van der Waals surface area contributed by atoms with Gasteiger partial charge in [-0.2, -0.15) is 0 Å². The van der Waals surface area contributed by atoms with Gasteiger partial charge in [-0.3, -0.25) is 4.79 Å². The molecule has 118 valence electrons. The molecule has 1 unspecified atom stereocenters. The molecule has 0 heterocycles. The van der Waals surface area contributed by atoms with E-state index in [9.17, 15) is 13.2 Å². The first-order valence-corrected chi connectivity index (χ1v) is 8.72. The van der Waals surface area contributed by atoms with Crippen molar-refractivity contribution in [2.45, 2.75) is 31.3 Å². The number of halogens is 1. The molecule has 0 spiro atoms. The second kappa shape index (κ2) is 7.66. The van der Waals surface area contributed by atoms with Gasteiger partial charge in [0.1, 0.15) is 11.0 Å². The van der Waals surface area contributed by atoms with Crippen molar-refractivity contribution in [3.8, 4) is 5.75 Å². The second-order valence-corrected chi connectivity index (χ2v) is 7.45. The summed E-state index contributed by atoms with van der Waals surface area (Å²) < 4.78 is 29.8. The van der Waals surface area contributed by atoms with Gasteiger partial charge in [0.15, 0.2) is 9.84 Å². The normalized spacial score (nSPS) is 12.8. The molecule has 0 aromatic heterocycles. The molecular weight excluding hydrogens is 314 g/mol. The standard InChI is InChI=1S/C14H20ClNO4S/c1-4-7-16-14(17)10(2)21(18,19)9-11-8-12(15)5-6-13(11)20-3/h5-6,8,10H,4,7,9H2,1-3H3,(H,16,17). The van der Waals surface area contributed by atoms with E-state index in [1.54, 1.807) is 12.1 Å². The highest BCUT2D eigenvalue weighted by atomic mass is 35.5. The van der Waals surface area contributed by atoms with E-state index in [2.05, 4.69) is 5.32 Å². The zero-order chi connectivity index (χ0) is 16.0. The molecule has 0 aliphatic rings. The number of nitrogens with one attached hydrogen (secondary N) is 1. The van der Waals surface area contributed by atoms with Gasteiger partial charge < -0.3 is 10.1 Å². The van der Waals surface area contributed by atoms with Gasteiger partial charge in [-0.05, 0) is 31.5 Å². The third-order valence-electron chi connectivity index (χ3n) is 3.06. The summed E-state index contributed by atoms with van der Waals surface area (Å²) in [6, 6.07) is 4.76. The molecule has 0 fully saturated rings. The SMILES string of the molecule is CCCNC(=O)C(C)S(=O)(=O)Cc1cc(Cl)ccc1OC. The third kappa shape index (κ3) is 4.89. The molecule has 0 aliphatic heterocycles. The summed E-state index contributed by atoms with van der Waals surface area (Å²) in [5, 5.41) is 1.89. The first-order valence-electron chi connectivity index (χ1n) is 6.63. The van der Waals surface area contributed by atoms with E-state index in [-0.39, 0.29) is 5.75 Å². The Balaban J connectivity index is 2.94. The zero-order valence-corrected chi connectivity index (χ0v) is 13.9. The number of carbonyl (C=O) groups excluding carboxylic acids is 1. The number of benzene rings is 1. The molecule has 1 aromatic carbocycles. The van der Waals surface area contributed by atoms with Gasteiger partial charge in [-0.25, -0.2) is 8.42 Å². The maximum atomic E-state index is 12.3. The summed E-state index contributed by atoms with van der Waals surface area (Å²) in [6.07, 6.45) is 0.751. The molecule has 0 radical (unpaired) electrons. The second-order valence-electron chi connectivity index (χ2n) is 4.70. The summed E-state index contributed by atoms with van der Waals surface area (Å²) in [5.41, 5.74) is 0.445. The number of hydrogen-bond donors (Lipinski definition) is 1. The summed E-state index contributed by atoms with van der Waals surface area (Å²) in [5.74, 6) is -0.348. The lowest BCUT2D eigenvalue weighted by atomic mass is 10.2. The Morgan fingerprint density at radius 2 is 2.10 bits per heavy atom. The van der Waals surface area contributed by atoms with Gasteiger partial charge in [0.2, 0.25) is 5.91 Å². The van der Waals surface area contributed by atoms with E-state index in [0.717, 1.165) is 6.42 Å². The van der Waals surface area contributed by atoms with Gasteiger partial charge in [0.05, 0.1) is 12.9 Å². The third-order valence-corrected chi connectivity index (χ3v) is 5.30. The molecule has 1 N–H and O–H groups in total. The van der Waals surface area contributed by atoms with Gasteiger partial charge in [-0.1, -0.05) is 18.5 Å². The van der Waals surface area contributed by atoms with Crippen LogP contribution in [0.1, 0.15) is 25.8 Å². The number of amides is 1. The van der Waals surface area contributed by atoms with E-state index < -0.39 is 21.0 Å². The molecule has 0 saturated carbocycles. The van der Waals surface area contributed by atoms with E-state index in [4.69, 9.17) is 16.3 Å². The molecule has 7 heteroatoms. The van der Waals surface area contributed by atoms with Crippen LogP contribution in [-0.4, -0.2) is 33.2 Å². The van der Waals surface area contributed by atoms with Crippen molar-refractivity contribution in [1.82, 2.24) is 5.32 Å². The lowest BCUT2D eigenvalue weighted by Gasteiger charge is -2.14. The molecule has 1 amide bonds. The Morgan fingerprint density at radius 1 is 1.43 bits per heavy atom. The number of ether oxygens (including phenoxy) is 1. The van der Waals surface area contributed by atoms with Crippen LogP contribution < -0.4 is 10.1 Å². The van der Waals surface area contributed by atoms with Gasteiger partial charge in [-0.15, -0.1) is 0 Å². The monoisotopic (exact) mass is 333 g/mol. The van der Waals surface area contributed by atoms with Crippen molar-refractivity contribution in [1.29, 1.82) is 0 Å². The molecule has 1 atom stereocenters. The van der Waals surface area contributed by atoms with Crippen LogP contribution in [0.3, 0.4) is 0 Å². The quantitative estimate of drug-likeness (QED) is 0.830. The smallest absolute Gasteiger partial charge is 0.238 e. The first-order chi connectivity index (χ1) is 9.81. The fraction of sp³-hybridized carbons (Fsp3) is 0.500. The van der Waals surface area contributed by atoms with E-state index in [1.807, 2.05) is 6.92 Å². The average Bonchev–Trinajstić information content (AvgIpc) is 2.43. The molecule has 1 rings (SSSR count). The van der Waals surface area contributed by atoms with Crippen molar-refractivity contribution in [2.75, 3.05) is 13.7 Å². The predicted octanol–water partition coefficient (Wildman–Crippen LogP) is 2.18. The number of carbonyl (C=O) groups is 1. The fourth-order valence-electron chi connectivity index (χ4n) is 1.76. The van der Waals surface area contributed by atoms with Crippen LogP contribution in [0, 0.1) is 0 Å². The number of methoxy groups -OCH3 is 1. The highest BCUT2D eigenvalue weighted by Gasteiger charge is 2.28. The molecule has 0 bridgehead atoms. The summed E-state index contributed by atoms with van der Waals surface area (Å²) in [6.45, 7) is 3.74. The predicted molar refractivity (Wildman–Crippen MR) is 83.4 cm³/mol. The Kier molecular flexibility index (Phi) is 6.48. The molecule has 5 nitrogen and oxygen atoms in total. The molecule has 0 aliphatic carbocycles. The zero-order valence-electron chi connectivity index (χ0n) is 12.3. The lowest BCUT2D eigenvalue weighted by Crippen LogP contribution is -2.38. The van der Waals surface area contributed by atoms with Gasteiger partial charge in [0.25, 0.3) is 0 Å². The van der Waals surface area contributed by atoms with Crippen molar-refractivity contribution < 1.29 is 17.9 Å². The molecule has 1 aromatic rings. The summed E-state index contributed by atoms with van der Waals surface area (Å²) in [4.78, 5) is 11.8. The highest BCUT2D eigenvalue weighted by molar-refractivity contribution is 7.92. The molecular formula is C14H20ClNO4S. The lowest BCUT2D eigenvalue weighted by molar-refractivity contribution is -0.120. The van der Waals surface area contributed by atoms with Crippen molar-refractivity contribution in [3.05, 3.63) is 28.8 Å². The Bertz CT molecular complexity index is 601. The number of hydrogen-bond acceptors (Lipinski definition) is 4. The minimum absolute atomic E-state index is 0.294. The maximum absolute atomic E-state index is 12.3. The van der Waals surface area contributed by atoms with Crippen LogP contribution in [0.2, 0.25) is 5.02 Å². The Hall–Kier alpha value is -1.27. The fourth-order valence-corrected chi connectivity index (χ4v) is 3.27. The van der Waals surface area contributed by atoms with Gasteiger partial charge >= 0.3 is 0 Å². The number of rotatable bonds is 7. The molecule has 0 saturated heterocycles. The first kappa shape index (κ1) is 17.8. The summed E-state index contributed by atoms with van der Waals surface area (Å²) in [7, 11) is -2.19. The van der Waals surface area contributed by atoms with Crippen LogP contribution in [0.25, 0.3) is 0 Å². The van der Waals surface area contributed by atoms with Crippen LogP contribution in [0.15, 0.2) is 18.2 Å². The highest BCUT2D eigenvalue weighted by Crippen LogP contribution is 2.25.